The summed E-state index contributed by atoms with van der Waals surface area (Å²) in [6.45, 7) is 4.01. The van der Waals surface area contributed by atoms with Gasteiger partial charge in [0.1, 0.15) is 6.61 Å². The number of aliphatic hydroxyl groups excluding tert-OH is 1. The molecule has 0 bridgehead atoms. The normalized spacial score (nSPS) is 12.9. The summed E-state index contributed by atoms with van der Waals surface area (Å²) < 4.78 is 10.6. The average molecular weight is 863 g/mol. The lowest BCUT2D eigenvalue weighted by molar-refractivity contribution is -0.161. The molecule has 0 radical (unpaired) electrons. The summed E-state index contributed by atoms with van der Waals surface area (Å²) in [6.07, 6.45) is 72.8. The highest BCUT2D eigenvalue weighted by molar-refractivity contribution is 5.70. The number of esters is 2. The Bertz CT molecular complexity index is 1160. The van der Waals surface area contributed by atoms with Gasteiger partial charge >= 0.3 is 11.9 Å². The Labute approximate surface area is 384 Å². The van der Waals surface area contributed by atoms with E-state index in [1.165, 1.54) is 135 Å². The Morgan fingerprint density at radius 3 is 1.05 bits per heavy atom. The molecule has 0 spiro atoms. The summed E-state index contributed by atoms with van der Waals surface area (Å²) in [5.74, 6) is -0.589. The van der Waals surface area contributed by atoms with E-state index < -0.39 is 6.10 Å². The first kappa shape index (κ1) is 59.1. The number of hydrogen-bond acceptors (Lipinski definition) is 5. The predicted molar refractivity (Wildman–Crippen MR) is 269 cm³/mol. The van der Waals surface area contributed by atoms with Gasteiger partial charge in [-0.1, -0.05) is 247 Å². The van der Waals surface area contributed by atoms with Crippen LogP contribution >= 0.6 is 0 Å². The molecule has 356 valence electrons. The largest absolute Gasteiger partial charge is 0.462 e. The Morgan fingerprint density at radius 1 is 0.387 bits per heavy atom. The van der Waals surface area contributed by atoms with E-state index in [4.69, 9.17) is 9.47 Å². The van der Waals surface area contributed by atoms with E-state index in [1.54, 1.807) is 0 Å². The smallest absolute Gasteiger partial charge is 0.306 e. The average Bonchev–Trinajstić information content (AvgIpc) is 3.28. The molecule has 1 unspecified atom stereocenters. The highest BCUT2D eigenvalue weighted by Gasteiger charge is 2.16. The van der Waals surface area contributed by atoms with Crippen molar-refractivity contribution in [3.05, 3.63) is 85.1 Å². The Morgan fingerprint density at radius 2 is 0.694 bits per heavy atom. The minimum Gasteiger partial charge on any atom is -0.462 e. The van der Waals surface area contributed by atoms with Crippen molar-refractivity contribution < 1.29 is 24.2 Å². The summed E-state index contributed by atoms with van der Waals surface area (Å²) >= 11 is 0. The van der Waals surface area contributed by atoms with Gasteiger partial charge in [-0.25, -0.2) is 0 Å². The minimum atomic E-state index is -0.769. The fourth-order valence-electron chi connectivity index (χ4n) is 7.30. The number of hydrogen-bond donors (Lipinski definition) is 1. The van der Waals surface area contributed by atoms with Crippen LogP contribution in [0.5, 0.6) is 0 Å². The zero-order valence-electron chi connectivity index (χ0n) is 40.6. The Hall–Kier alpha value is -2.92. The van der Waals surface area contributed by atoms with Crippen molar-refractivity contribution in [2.24, 2.45) is 0 Å². The zero-order chi connectivity index (χ0) is 44.9. The summed E-state index contributed by atoms with van der Waals surface area (Å²) in [5.41, 5.74) is 0. The number of ether oxygens (including phenoxy) is 2. The van der Waals surface area contributed by atoms with Gasteiger partial charge in [-0.3, -0.25) is 9.59 Å². The lowest BCUT2D eigenvalue weighted by Gasteiger charge is -2.15. The van der Waals surface area contributed by atoms with E-state index in [0.29, 0.717) is 12.8 Å². The van der Waals surface area contributed by atoms with Gasteiger partial charge in [0, 0.05) is 12.8 Å². The molecule has 0 heterocycles. The van der Waals surface area contributed by atoms with Crippen LogP contribution in [0, 0.1) is 0 Å². The number of unbranched alkanes of at least 4 members (excludes halogenated alkanes) is 25. The van der Waals surface area contributed by atoms with Crippen LogP contribution in [0.2, 0.25) is 0 Å². The molecule has 0 amide bonds. The molecule has 0 saturated heterocycles. The maximum absolute atomic E-state index is 12.2. The van der Waals surface area contributed by atoms with Gasteiger partial charge in [0.15, 0.2) is 6.10 Å². The lowest BCUT2D eigenvalue weighted by Crippen LogP contribution is -2.28. The Balaban J connectivity index is 3.45. The van der Waals surface area contributed by atoms with Gasteiger partial charge in [-0.2, -0.15) is 0 Å². The standard InChI is InChI=1S/C57H98O5/c1-3-5-7-9-11-13-14-15-16-17-18-19-20-21-22-23-24-25-26-27-28-29-30-31-32-33-34-35-36-37-38-39-40-41-42-44-46-48-50-52-57(60)62-55(53-58)54-61-56(59)51-49-47-45-43-12-10-8-6-4-2/h5,7,11,13,15-16,18-19,21-22,24-25,27-28,55,58H,3-4,6,8-10,12,14,17,20,23,26,29-54H2,1-2H3/b7-5-,13-11-,16-15-,19-18-,22-21-,25-24-,28-27-. The first-order chi connectivity index (χ1) is 30.6. The van der Waals surface area contributed by atoms with Crippen molar-refractivity contribution in [1.82, 2.24) is 0 Å². The SMILES string of the molecule is CC/C=C\C/C=C\C/C=C\C/C=C\C/C=C\C/C=C\C/C=C\CCCCCCCCCCCCCCCCCCCC(=O)OC(CO)COC(=O)CCCCCCCCCCC. The van der Waals surface area contributed by atoms with Crippen LogP contribution in [0.15, 0.2) is 85.1 Å². The van der Waals surface area contributed by atoms with Gasteiger partial charge in [0.05, 0.1) is 6.61 Å². The summed E-state index contributed by atoms with van der Waals surface area (Å²) in [5, 5.41) is 9.57. The number of rotatable bonds is 47. The zero-order valence-corrected chi connectivity index (χ0v) is 40.6. The van der Waals surface area contributed by atoms with Crippen LogP contribution in [0.25, 0.3) is 0 Å². The van der Waals surface area contributed by atoms with Crippen LogP contribution in [0.4, 0.5) is 0 Å². The highest BCUT2D eigenvalue weighted by Crippen LogP contribution is 2.16. The summed E-state index contributed by atoms with van der Waals surface area (Å²) in [7, 11) is 0. The van der Waals surface area contributed by atoms with Crippen molar-refractivity contribution in [3.8, 4) is 0 Å². The number of carbonyl (C=O) groups excluding carboxylic acids is 2. The highest BCUT2D eigenvalue weighted by atomic mass is 16.6. The predicted octanol–water partition coefficient (Wildman–Crippen LogP) is 17.4. The van der Waals surface area contributed by atoms with Gasteiger partial charge < -0.3 is 14.6 Å². The molecule has 0 aliphatic heterocycles. The van der Waals surface area contributed by atoms with Gasteiger partial charge in [0.2, 0.25) is 0 Å². The van der Waals surface area contributed by atoms with E-state index in [2.05, 4.69) is 98.9 Å². The third-order valence-electron chi connectivity index (χ3n) is 11.2. The molecule has 1 N–H and O–H groups in total. The molecule has 0 rings (SSSR count). The van der Waals surface area contributed by atoms with Crippen molar-refractivity contribution in [3.63, 3.8) is 0 Å². The molecule has 0 aromatic heterocycles. The molecule has 0 aliphatic rings. The first-order valence-corrected chi connectivity index (χ1v) is 26.1. The molecule has 0 aliphatic carbocycles. The number of aliphatic hydroxyl groups is 1. The van der Waals surface area contributed by atoms with Crippen LogP contribution in [0.3, 0.4) is 0 Å². The van der Waals surface area contributed by atoms with Crippen molar-refractivity contribution >= 4 is 11.9 Å². The van der Waals surface area contributed by atoms with E-state index in [1.807, 2.05) is 0 Å². The Kier molecular flexibility index (Phi) is 50.0. The molecule has 5 nitrogen and oxygen atoms in total. The van der Waals surface area contributed by atoms with Crippen LogP contribution < -0.4 is 0 Å². The maximum atomic E-state index is 12.2. The monoisotopic (exact) mass is 863 g/mol. The molecule has 0 aromatic rings. The second-order valence-corrected chi connectivity index (χ2v) is 17.2. The maximum Gasteiger partial charge on any atom is 0.306 e. The molecule has 62 heavy (non-hydrogen) atoms. The molecular formula is C57H98O5. The fraction of sp³-hybridized carbons (Fsp3) is 0.719. The minimum absolute atomic E-state index is 0.0642. The topological polar surface area (TPSA) is 72.8 Å². The third-order valence-corrected chi connectivity index (χ3v) is 11.2. The second-order valence-electron chi connectivity index (χ2n) is 17.2. The van der Waals surface area contributed by atoms with Crippen molar-refractivity contribution in [1.29, 1.82) is 0 Å². The molecule has 0 saturated carbocycles. The second kappa shape index (κ2) is 52.4. The molecule has 0 fully saturated rings. The molecule has 5 heteroatoms. The summed E-state index contributed by atoms with van der Waals surface area (Å²) in [4.78, 5) is 24.3. The number of carbonyl (C=O) groups is 2. The molecule has 1 atom stereocenters. The van der Waals surface area contributed by atoms with E-state index >= 15 is 0 Å². The van der Waals surface area contributed by atoms with Crippen LogP contribution in [0.1, 0.15) is 245 Å². The third kappa shape index (κ3) is 49.7. The van der Waals surface area contributed by atoms with E-state index in [0.717, 1.165) is 83.5 Å². The van der Waals surface area contributed by atoms with Crippen molar-refractivity contribution in [2.45, 2.75) is 251 Å². The van der Waals surface area contributed by atoms with Crippen LogP contribution in [-0.2, 0) is 19.1 Å². The van der Waals surface area contributed by atoms with Gasteiger partial charge in [-0.15, -0.1) is 0 Å². The van der Waals surface area contributed by atoms with Crippen LogP contribution in [-0.4, -0.2) is 36.4 Å². The van der Waals surface area contributed by atoms with Gasteiger partial charge in [0.25, 0.3) is 0 Å². The lowest BCUT2D eigenvalue weighted by atomic mass is 10.0. The molecule has 0 aromatic carbocycles. The number of allylic oxidation sites excluding steroid dienone is 14. The summed E-state index contributed by atoms with van der Waals surface area (Å²) in [6, 6.07) is 0. The fourth-order valence-corrected chi connectivity index (χ4v) is 7.30. The van der Waals surface area contributed by atoms with E-state index in [9.17, 15) is 14.7 Å². The molecular weight excluding hydrogens is 765 g/mol. The van der Waals surface area contributed by atoms with E-state index in [-0.39, 0.29) is 25.2 Å². The first-order valence-electron chi connectivity index (χ1n) is 26.1. The van der Waals surface area contributed by atoms with Crippen molar-refractivity contribution in [2.75, 3.05) is 13.2 Å². The van der Waals surface area contributed by atoms with Gasteiger partial charge in [-0.05, 0) is 70.6 Å². The quantitative estimate of drug-likeness (QED) is 0.0375.